The van der Waals surface area contributed by atoms with Crippen LogP contribution >= 0.6 is 0 Å². The van der Waals surface area contributed by atoms with Crippen LogP contribution in [0.15, 0.2) is 6.07 Å². The van der Waals surface area contributed by atoms with Crippen molar-refractivity contribution in [3.8, 4) is 0 Å². The highest BCUT2D eigenvalue weighted by atomic mass is 19.4. The number of aromatic nitrogens is 2. The van der Waals surface area contributed by atoms with Crippen LogP contribution in [0.4, 0.5) is 13.2 Å². The van der Waals surface area contributed by atoms with Crippen molar-refractivity contribution < 1.29 is 27.9 Å². The Bertz CT molecular complexity index is 604. The summed E-state index contributed by atoms with van der Waals surface area (Å²) in [6, 6.07) is 0.532. The van der Waals surface area contributed by atoms with Crippen LogP contribution in [0.1, 0.15) is 41.3 Å². The zero-order valence-electron chi connectivity index (χ0n) is 11.6. The maximum absolute atomic E-state index is 12.6. The number of carboxylic acid groups (broad SMARTS) is 1. The molecule has 1 aliphatic rings. The number of halogens is 3. The van der Waals surface area contributed by atoms with Gasteiger partial charge in [-0.3, -0.25) is 9.59 Å². The second kappa shape index (κ2) is 5.90. The van der Waals surface area contributed by atoms with Crippen molar-refractivity contribution in [2.45, 2.75) is 38.4 Å². The second-order valence-electron chi connectivity index (χ2n) is 5.17. The first-order valence-electron chi connectivity index (χ1n) is 6.65. The summed E-state index contributed by atoms with van der Waals surface area (Å²) in [5.74, 6) is -3.97. The number of amides is 1. The van der Waals surface area contributed by atoms with Crippen LogP contribution in [-0.2, 0) is 11.0 Å². The Labute approximate surface area is 123 Å². The van der Waals surface area contributed by atoms with Crippen molar-refractivity contribution in [2.24, 2.45) is 5.92 Å². The molecular weight excluding hydrogens is 303 g/mol. The Kier molecular flexibility index (Phi) is 4.34. The lowest BCUT2D eigenvalue weighted by Crippen LogP contribution is -2.40. The molecule has 0 bridgehead atoms. The van der Waals surface area contributed by atoms with E-state index in [9.17, 15) is 22.8 Å². The normalized spacial score (nSPS) is 21.6. The third-order valence-electron chi connectivity index (χ3n) is 3.49. The molecule has 0 spiro atoms. The van der Waals surface area contributed by atoms with Crippen molar-refractivity contribution >= 4 is 11.9 Å². The molecule has 9 heteroatoms. The molecule has 1 saturated carbocycles. The molecule has 1 heterocycles. The van der Waals surface area contributed by atoms with E-state index >= 15 is 0 Å². The largest absolute Gasteiger partial charge is 0.481 e. The zero-order chi connectivity index (χ0) is 16.5. The lowest BCUT2D eigenvalue weighted by molar-refractivity contribution is -0.145. The van der Waals surface area contributed by atoms with Gasteiger partial charge in [-0.25, -0.2) is 9.97 Å². The quantitative estimate of drug-likeness (QED) is 0.886. The molecule has 6 nitrogen and oxygen atoms in total. The predicted octanol–water partition coefficient (Wildman–Crippen LogP) is 1.79. The number of aliphatic carboxylic acids is 1. The van der Waals surface area contributed by atoms with E-state index in [2.05, 4.69) is 15.3 Å². The van der Waals surface area contributed by atoms with Gasteiger partial charge in [-0.1, -0.05) is 6.42 Å². The topological polar surface area (TPSA) is 92.2 Å². The van der Waals surface area contributed by atoms with Crippen LogP contribution in [-0.4, -0.2) is 33.0 Å². The number of alkyl halides is 3. The summed E-state index contributed by atoms with van der Waals surface area (Å²) in [5.41, 5.74) is -0.412. The number of aryl methyl sites for hydroxylation is 1. The lowest BCUT2D eigenvalue weighted by Gasteiger charge is -2.17. The van der Waals surface area contributed by atoms with Crippen molar-refractivity contribution in [1.29, 1.82) is 0 Å². The monoisotopic (exact) mass is 317 g/mol. The summed E-state index contributed by atoms with van der Waals surface area (Å²) in [4.78, 5) is 29.6. The van der Waals surface area contributed by atoms with Gasteiger partial charge >= 0.3 is 12.1 Å². The summed E-state index contributed by atoms with van der Waals surface area (Å²) < 4.78 is 37.9. The number of carboxylic acids is 1. The minimum Gasteiger partial charge on any atom is -0.481 e. The molecule has 0 radical (unpaired) electrons. The Balaban J connectivity index is 2.19. The molecule has 22 heavy (non-hydrogen) atoms. The molecule has 0 aromatic carbocycles. The summed E-state index contributed by atoms with van der Waals surface area (Å²) in [6.45, 7) is 1.32. The molecule has 1 fully saturated rings. The molecular formula is C13H14F3N3O3. The Hall–Kier alpha value is -2.19. The number of hydrogen-bond acceptors (Lipinski definition) is 4. The molecule has 2 N–H and O–H groups in total. The van der Waals surface area contributed by atoms with E-state index in [1.54, 1.807) is 0 Å². The minimum atomic E-state index is -4.75. The molecule has 0 unspecified atom stereocenters. The third-order valence-corrected chi connectivity index (χ3v) is 3.49. The van der Waals surface area contributed by atoms with Crippen LogP contribution in [0.5, 0.6) is 0 Å². The van der Waals surface area contributed by atoms with Crippen molar-refractivity contribution in [3.63, 3.8) is 0 Å². The highest BCUT2D eigenvalue weighted by molar-refractivity contribution is 5.93. The van der Waals surface area contributed by atoms with Gasteiger partial charge in [0.25, 0.3) is 5.91 Å². The molecule has 2 atom stereocenters. The van der Waals surface area contributed by atoms with Gasteiger partial charge < -0.3 is 10.4 Å². The Morgan fingerprint density at radius 3 is 2.59 bits per heavy atom. The molecule has 1 aliphatic carbocycles. The average molecular weight is 317 g/mol. The summed E-state index contributed by atoms with van der Waals surface area (Å²) >= 11 is 0. The van der Waals surface area contributed by atoms with Gasteiger partial charge in [0.1, 0.15) is 5.69 Å². The number of carbonyl (C=O) groups excluding carboxylic acids is 1. The van der Waals surface area contributed by atoms with E-state index in [4.69, 9.17) is 5.11 Å². The molecule has 1 amide bonds. The highest BCUT2D eigenvalue weighted by Crippen LogP contribution is 2.27. The SMILES string of the molecule is Cc1cc(C(=O)N[C@@H]2CCC[C@@H]2C(=O)O)nc(C(F)(F)F)n1. The van der Waals surface area contributed by atoms with Crippen LogP contribution in [0, 0.1) is 12.8 Å². The first-order valence-corrected chi connectivity index (χ1v) is 6.65. The first-order chi connectivity index (χ1) is 10.2. The summed E-state index contributed by atoms with van der Waals surface area (Å²) in [7, 11) is 0. The highest BCUT2D eigenvalue weighted by Gasteiger charge is 2.37. The van der Waals surface area contributed by atoms with E-state index in [1.807, 2.05) is 0 Å². The molecule has 1 aromatic heterocycles. The number of nitrogens with zero attached hydrogens (tertiary/aromatic N) is 2. The number of nitrogens with one attached hydrogen (secondary N) is 1. The standard InChI is InChI=1S/C13H14F3N3O3/c1-6-5-9(19-12(17-6)13(14,15)16)10(20)18-8-4-2-3-7(8)11(21)22/h5,7-8H,2-4H2,1H3,(H,18,20)(H,21,22)/t7-,8+/m0/s1. The van der Waals surface area contributed by atoms with Crippen molar-refractivity contribution in [3.05, 3.63) is 23.3 Å². The van der Waals surface area contributed by atoms with Gasteiger partial charge in [0.05, 0.1) is 5.92 Å². The minimum absolute atomic E-state index is 0.00804. The van der Waals surface area contributed by atoms with E-state index in [0.717, 1.165) is 6.07 Å². The summed E-state index contributed by atoms with van der Waals surface area (Å²) in [6.07, 6.45) is -3.22. The second-order valence-corrected chi connectivity index (χ2v) is 5.17. The van der Waals surface area contributed by atoms with E-state index in [0.29, 0.717) is 19.3 Å². The average Bonchev–Trinajstić information content (AvgIpc) is 2.85. The van der Waals surface area contributed by atoms with Gasteiger partial charge in [-0.05, 0) is 25.8 Å². The molecule has 2 rings (SSSR count). The maximum atomic E-state index is 12.6. The van der Waals surface area contributed by atoms with Crippen LogP contribution < -0.4 is 5.32 Å². The number of rotatable bonds is 3. The molecule has 0 saturated heterocycles. The number of carbonyl (C=O) groups is 2. The summed E-state index contributed by atoms with van der Waals surface area (Å²) in [5, 5.41) is 11.5. The van der Waals surface area contributed by atoms with Crippen molar-refractivity contribution in [1.82, 2.24) is 15.3 Å². The lowest BCUT2D eigenvalue weighted by atomic mass is 10.0. The maximum Gasteiger partial charge on any atom is 0.451 e. The van der Waals surface area contributed by atoms with E-state index < -0.39 is 41.5 Å². The molecule has 120 valence electrons. The predicted molar refractivity (Wildman–Crippen MR) is 68.0 cm³/mol. The third kappa shape index (κ3) is 3.52. The number of hydrogen-bond donors (Lipinski definition) is 2. The van der Waals surface area contributed by atoms with Crippen LogP contribution in [0.25, 0.3) is 0 Å². The zero-order valence-corrected chi connectivity index (χ0v) is 11.6. The van der Waals surface area contributed by atoms with Crippen molar-refractivity contribution in [2.75, 3.05) is 0 Å². The molecule has 0 aliphatic heterocycles. The van der Waals surface area contributed by atoms with Gasteiger partial charge in [0.15, 0.2) is 0 Å². The Morgan fingerprint density at radius 2 is 2.00 bits per heavy atom. The fourth-order valence-electron chi connectivity index (χ4n) is 2.48. The van der Waals surface area contributed by atoms with Gasteiger partial charge in [0.2, 0.25) is 5.82 Å². The smallest absolute Gasteiger partial charge is 0.451 e. The molecule has 1 aromatic rings. The fraction of sp³-hybridized carbons (Fsp3) is 0.538. The Morgan fingerprint density at radius 1 is 1.32 bits per heavy atom. The van der Waals surface area contributed by atoms with Crippen LogP contribution in [0.2, 0.25) is 0 Å². The van der Waals surface area contributed by atoms with E-state index in [1.165, 1.54) is 6.92 Å². The van der Waals surface area contributed by atoms with Gasteiger partial charge in [-0.15, -0.1) is 0 Å². The van der Waals surface area contributed by atoms with Crippen LogP contribution in [0.3, 0.4) is 0 Å². The first kappa shape index (κ1) is 16.2. The van der Waals surface area contributed by atoms with Gasteiger partial charge in [-0.2, -0.15) is 13.2 Å². The van der Waals surface area contributed by atoms with Gasteiger partial charge in [0, 0.05) is 11.7 Å². The fourth-order valence-corrected chi connectivity index (χ4v) is 2.48. The van der Waals surface area contributed by atoms with E-state index in [-0.39, 0.29) is 5.69 Å².